The topological polar surface area (TPSA) is 73.9 Å². The van der Waals surface area contributed by atoms with E-state index in [1.54, 1.807) is 0 Å². The Balaban J connectivity index is 1.57. The number of hydrogen-bond acceptors (Lipinski definition) is 5. The maximum Gasteiger partial charge on any atom is 0.407 e. The quantitative estimate of drug-likeness (QED) is 0.169. The molecular formula is C31H43NO5Si. The van der Waals surface area contributed by atoms with E-state index in [4.69, 9.17) is 14.2 Å². The second-order valence-corrected chi connectivity index (χ2v) is 16.8. The van der Waals surface area contributed by atoms with Crippen LogP contribution in [0.4, 0.5) is 4.79 Å². The molecule has 2 aromatic rings. The van der Waals surface area contributed by atoms with Crippen LogP contribution in [0.1, 0.15) is 37.7 Å². The number of benzene rings is 2. The van der Waals surface area contributed by atoms with Crippen LogP contribution in [0.2, 0.25) is 25.7 Å². The van der Waals surface area contributed by atoms with Gasteiger partial charge in [-0.1, -0.05) is 86.4 Å². The zero-order chi connectivity index (χ0) is 27.4. The monoisotopic (exact) mass is 537 g/mol. The molecule has 0 radical (unpaired) electrons. The first-order valence-electron chi connectivity index (χ1n) is 13.7. The molecule has 1 saturated carbocycles. The Morgan fingerprint density at radius 1 is 0.974 bits per heavy atom. The summed E-state index contributed by atoms with van der Waals surface area (Å²) < 4.78 is 16.6. The Hall–Kier alpha value is -2.90. The molecule has 1 N–H and O–H groups in total. The smallest absolute Gasteiger partial charge is 0.407 e. The third-order valence-corrected chi connectivity index (χ3v) is 8.69. The number of carbonyl (C=O) groups excluding carboxylic acids is 2. The number of hydrogen-bond donors (Lipinski definition) is 1. The average molecular weight is 538 g/mol. The number of allylic oxidation sites excluding steroid dienone is 2. The Kier molecular flexibility index (Phi) is 11.6. The average Bonchev–Trinajstić information content (AvgIpc) is 3.28. The van der Waals surface area contributed by atoms with E-state index in [2.05, 4.69) is 67.4 Å². The zero-order valence-corrected chi connectivity index (χ0v) is 24.3. The summed E-state index contributed by atoms with van der Waals surface area (Å²) >= 11 is 0. The standard InChI is InChI=1S/C31H43NO5Si/c1-35-30(33)14-10-6-9-13-27-28(32-31(34)36-21-22-38(2,3)4)19-20-29(27)37-23-24-15-17-26(18-16-24)25-11-7-5-8-12-25/h5-9,11-12,15-18,27-29H,10,13-14,19-23H2,1-4H3,(H,32,34)/b9-6-/t27-,28+,29+/m1/s1. The van der Waals surface area contributed by atoms with Crippen molar-refractivity contribution in [3.8, 4) is 11.1 Å². The minimum absolute atomic E-state index is 0.00917. The molecule has 0 bridgehead atoms. The van der Waals surface area contributed by atoms with Crippen LogP contribution in [0, 0.1) is 5.92 Å². The van der Waals surface area contributed by atoms with Crippen LogP contribution >= 0.6 is 0 Å². The van der Waals surface area contributed by atoms with E-state index in [1.165, 1.54) is 18.2 Å². The van der Waals surface area contributed by atoms with Crippen molar-refractivity contribution in [2.75, 3.05) is 13.7 Å². The lowest BCUT2D eigenvalue weighted by Crippen LogP contribution is -2.40. The summed E-state index contributed by atoms with van der Waals surface area (Å²) in [6, 6.07) is 19.8. The molecule has 3 atom stereocenters. The van der Waals surface area contributed by atoms with Crippen LogP contribution in [-0.4, -0.2) is 46.0 Å². The zero-order valence-electron chi connectivity index (χ0n) is 23.3. The summed E-state index contributed by atoms with van der Waals surface area (Å²) in [6.07, 6.45) is 7.28. The third-order valence-electron chi connectivity index (χ3n) is 6.99. The van der Waals surface area contributed by atoms with E-state index in [0.717, 1.165) is 30.9 Å². The molecule has 6 nitrogen and oxygen atoms in total. The molecule has 1 aliphatic rings. The van der Waals surface area contributed by atoms with E-state index in [-0.39, 0.29) is 30.1 Å². The molecule has 1 aliphatic carbocycles. The summed E-state index contributed by atoms with van der Waals surface area (Å²) in [5.41, 5.74) is 3.50. The molecule has 0 aliphatic heterocycles. The van der Waals surface area contributed by atoms with Gasteiger partial charge in [0, 0.05) is 26.5 Å². The van der Waals surface area contributed by atoms with Crippen LogP contribution in [0.15, 0.2) is 66.7 Å². The number of ether oxygens (including phenoxy) is 3. The van der Waals surface area contributed by atoms with Gasteiger partial charge in [-0.25, -0.2) is 4.79 Å². The summed E-state index contributed by atoms with van der Waals surface area (Å²) in [7, 11) is 0.141. The molecule has 0 spiro atoms. The highest BCUT2D eigenvalue weighted by atomic mass is 28.3. The normalized spacial score (nSPS) is 19.4. The fourth-order valence-corrected chi connectivity index (χ4v) is 5.39. The maximum atomic E-state index is 12.5. The van der Waals surface area contributed by atoms with Crippen molar-refractivity contribution < 1.29 is 23.8 Å². The van der Waals surface area contributed by atoms with Crippen LogP contribution in [0.3, 0.4) is 0 Å². The largest absolute Gasteiger partial charge is 0.469 e. The summed E-state index contributed by atoms with van der Waals surface area (Å²) in [6.45, 7) is 7.79. The first kappa shape index (κ1) is 29.6. The first-order valence-corrected chi connectivity index (χ1v) is 17.4. The molecule has 0 aromatic heterocycles. The molecule has 0 heterocycles. The van der Waals surface area contributed by atoms with Gasteiger partial charge in [-0.05, 0) is 48.4 Å². The fourth-order valence-electron chi connectivity index (χ4n) is 4.68. The summed E-state index contributed by atoms with van der Waals surface area (Å²) in [5, 5.41) is 3.10. The van der Waals surface area contributed by atoms with Crippen LogP contribution in [-0.2, 0) is 25.6 Å². The second-order valence-electron chi connectivity index (χ2n) is 11.2. The number of alkyl carbamates (subject to hydrolysis) is 1. The molecule has 0 unspecified atom stereocenters. The van der Waals surface area contributed by atoms with Gasteiger partial charge in [0.25, 0.3) is 0 Å². The Morgan fingerprint density at radius 3 is 2.37 bits per heavy atom. The SMILES string of the molecule is COC(=O)CC/C=C\C[C@@H]1[C@@H](NC(=O)OCC[Si](C)(C)C)CC[C@@H]1OCc1ccc(-c2ccccc2)cc1. The Morgan fingerprint density at radius 2 is 1.68 bits per heavy atom. The van der Waals surface area contributed by atoms with Gasteiger partial charge in [-0.15, -0.1) is 0 Å². The lowest BCUT2D eigenvalue weighted by Gasteiger charge is -2.25. The molecule has 3 rings (SSSR count). The van der Waals surface area contributed by atoms with Gasteiger partial charge in [0.05, 0.1) is 26.4 Å². The summed E-state index contributed by atoms with van der Waals surface area (Å²) in [5.74, 6) is -0.0758. The van der Waals surface area contributed by atoms with Gasteiger partial charge in [-0.3, -0.25) is 4.79 Å². The highest BCUT2D eigenvalue weighted by molar-refractivity contribution is 6.76. The van der Waals surface area contributed by atoms with Crippen LogP contribution in [0.25, 0.3) is 11.1 Å². The lowest BCUT2D eigenvalue weighted by atomic mass is 9.97. The number of amides is 1. The summed E-state index contributed by atoms with van der Waals surface area (Å²) in [4.78, 5) is 23.9. The van der Waals surface area contributed by atoms with Crippen molar-refractivity contribution in [2.45, 2.75) is 76.5 Å². The minimum Gasteiger partial charge on any atom is -0.469 e. The van der Waals surface area contributed by atoms with Crippen molar-refractivity contribution in [3.63, 3.8) is 0 Å². The van der Waals surface area contributed by atoms with Crippen molar-refractivity contribution in [3.05, 3.63) is 72.3 Å². The van der Waals surface area contributed by atoms with Crippen LogP contribution < -0.4 is 5.32 Å². The van der Waals surface area contributed by atoms with Gasteiger partial charge < -0.3 is 19.5 Å². The van der Waals surface area contributed by atoms with Gasteiger partial charge in [0.15, 0.2) is 0 Å². The van der Waals surface area contributed by atoms with E-state index < -0.39 is 8.07 Å². The fraction of sp³-hybridized carbons (Fsp3) is 0.484. The molecular weight excluding hydrogens is 494 g/mol. The highest BCUT2D eigenvalue weighted by Gasteiger charge is 2.37. The molecule has 1 amide bonds. The third kappa shape index (κ3) is 10.1. The van der Waals surface area contributed by atoms with Crippen molar-refractivity contribution in [2.24, 2.45) is 5.92 Å². The lowest BCUT2D eigenvalue weighted by molar-refractivity contribution is -0.140. The van der Waals surface area contributed by atoms with E-state index in [9.17, 15) is 9.59 Å². The Bertz CT molecular complexity index is 1030. The van der Waals surface area contributed by atoms with Gasteiger partial charge >= 0.3 is 12.1 Å². The Labute approximate surface area is 228 Å². The van der Waals surface area contributed by atoms with Gasteiger partial charge in [0.1, 0.15) is 0 Å². The van der Waals surface area contributed by atoms with Gasteiger partial charge in [-0.2, -0.15) is 0 Å². The number of nitrogens with one attached hydrogen (secondary N) is 1. The predicted molar refractivity (Wildman–Crippen MR) is 155 cm³/mol. The van der Waals surface area contributed by atoms with Gasteiger partial charge in [0.2, 0.25) is 0 Å². The highest BCUT2D eigenvalue weighted by Crippen LogP contribution is 2.33. The predicted octanol–water partition coefficient (Wildman–Crippen LogP) is 6.98. The van der Waals surface area contributed by atoms with E-state index in [1.807, 2.05) is 24.3 Å². The first-order chi connectivity index (χ1) is 18.2. The number of carbonyl (C=O) groups is 2. The molecule has 0 saturated heterocycles. The van der Waals surface area contributed by atoms with E-state index >= 15 is 0 Å². The number of esters is 1. The second kappa shape index (κ2) is 14.9. The van der Waals surface area contributed by atoms with Crippen molar-refractivity contribution in [1.82, 2.24) is 5.32 Å². The molecule has 7 heteroatoms. The minimum atomic E-state index is -1.26. The maximum absolute atomic E-state index is 12.5. The molecule has 38 heavy (non-hydrogen) atoms. The number of rotatable bonds is 13. The van der Waals surface area contributed by atoms with Crippen molar-refractivity contribution in [1.29, 1.82) is 0 Å². The van der Waals surface area contributed by atoms with Crippen molar-refractivity contribution >= 4 is 20.1 Å². The molecule has 206 valence electrons. The number of methoxy groups -OCH3 is 1. The molecule has 2 aromatic carbocycles. The van der Waals surface area contributed by atoms with Crippen LogP contribution in [0.5, 0.6) is 0 Å². The van der Waals surface area contributed by atoms with E-state index in [0.29, 0.717) is 26.1 Å². The molecule has 1 fully saturated rings.